The van der Waals surface area contributed by atoms with Crippen molar-refractivity contribution in [2.24, 2.45) is 5.92 Å². The molecule has 0 unspecified atom stereocenters. The largest absolute Gasteiger partial charge is 0.337 e. The van der Waals surface area contributed by atoms with E-state index in [0.29, 0.717) is 10.0 Å². The Morgan fingerprint density at radius 1 is 1.55 bits per heavy atom. The monoisotopic (exact) mass is 328 g/mol. The SMILES string of the molecule is C[C@@](C#N)(NC(=O)CSc1cc(Cl)ccc1Cl)C1CC1. The topological polar surface area (TPSA) is 52.9 Å². The van der Waals surface area contributed by atoms with E-state index in [1.165, 1.54) is 11.8 Å². The molecule has 6 heteroatoms. The van der Waals surface area contributed by atoms with Crippen LogP contribution in [0.1, 0.15) is 19.8 Å². The number of amides is 1. The minimum atomic E-state index is -0.754. The highest BCUT2D eigenvalue weighted by Crippen LogP contribution is 2.39. The summed E-state index contributed by atoms with van der Waals surface area (Å²) in [7, 11) is 0. The first-order chi connectivity index (χ1) is 9.44. The first-order valence-corrected chi connectivity index (χ1v) is 7.99. The van der Waals surface area contributed by atoms with Gasteiger partial charge in [-0.1, -0.05) is 23.2 Å². The number of hydrogen-bond donors (Lipinski definition) is 1. The van der Waals surface area contributed by atoms with Gasteiger partial charge in [0.1, 0.15) is 5.54 Å². The number of nitrogens with one attached hydrogen (secondary N) is 1. The molecule has 1 N–H and O–H groups in total. The van der Waals surface area contributed by atoms with Crippen LogP contribution in [-0.4, -0.2) is 17.2 Å². The lowest BCUT2D eigenvalue weighted by Gasteiger charge is -2.22. The lowest BCUT2D eigenvalue weighted by molar-refractivity contribution is -0.119. The Labute approximate surface area is 132 Å². The molecule has 0 bridgehead atoms. The fourth-order valence-electron chi connectivity index (χ4n) is 1.94. The number of nitrogens with zero attached hydrogens (tertiary/aromatic N) is 1. The normalized spacial score (nSPS) is 17.1. The molecule has 106 valence electrons. The zero-order chi connectivity index (χ0) is 14.8. The summed E-state index contributed by atoms with van der Waals surface area (Å²) in [5.41, 5.74) is -0.754. The second kappa shape index (κ2) is 6.26. The van der Waals surface area contributed by atoms with Crippen LogP contribution in [0.5, 0.6) is 0 Å². The van der Waals surface area contributed by atoms with Crippen molar-refractivity contribution in [3.05, 3.63) is 28.2 Å². The van der Waals surface area contributed by atoms with Gasteiger partial charge in [0.15, 0.2) is 0 Å². The first-order valence-electron chi connectivity index (χ1n) is 6.25. The van der Waals surface area contributed by atoms with E-state index in [9.17, 15) is 10.1 Å². The fourth-order valence-corrected chi connectivity index (χ4v) is 3.23. The summed E-state index contributed by atoms with van der Waals surface area (Å²) >= 11 is 13.2. The van der Waals surface area contributed by atoms with Crippen LogP contribution in [0.4, 0.5) is 0 Å². The molecule has 2 rings (SSSR count). The molecule has 1 aromatic carbocycles. The van der Waals surface area contributed by atoms with Crippen LogP contribution in [0.2, 0.25) is 10.0 Å². The molecule has 20 heavy (non-hydrogen) atoms. The highest BCUT2D eigenvalue weighted by Gasteiger charge is 2.42. The maximum absolute atomic E-state index is 12.0. The number of halogens is 2. The van der Waals surface area contributed by atoms with E-state index in [0.717, 1.165) is 17.7 Å². The molecule has 0 aliphatic heterocycles. The minimum absolute atomic E-state index is 0.165. The third kappa shape index (κ3) is 3.82. The van der Waals surface area contributed by atoms with Crippen molar-refractivity contribution in [1.82, 2.24) is 5.32 Å². The molecular formula is C14H14Cl2N2OS. The maximum atomic E-state index is 12.0. The Morgan fingerprint density at radius 2 is 2.25 bits per heavy atom. The molecule has 1 aliphatic rings. The molecule has 1 aliphatic carbocycles. The average molecular weight is 329 g/mol. The summed E-state index contributed by atoms with van der Waals surface area (Å²) in [5, 5.41) is 13.2. The Kier molecular flexibility index (Phi) is 4.85. The lowest BCUT2D eigenvalue weighted by atomic mass is 9.98. The summed E-state index contributed by atoms with van der Waals surface area (Å²) in [5.74, 6) is 0.322. The fraction of sp³-hybridized carbons (Fsp3) is 0.429. The molecule has 0 aromatic heterocycles. The first kappa shape index (κ1) is 15.5. The van der Waals surface area contributed by atoms with Gasteiger partial charge in [0, 0.05) is 9.92 Å². The summed E-state index contributed by atoms with van der Waals surface area (Å²) < 4.78 is 0. The summed E-state index contributed by atoms with van der Waals surface area (Å²) in [6.07, 6.45) is 2.00. The number of carbonyl (C=O) groups excluding carboxylic acids is 1. The van der Waals surface area contributed by atoms with Gasteiger partial charge in [-0.05, 0) is 43.9 Å². The minimum Gasteiger partial charge on any atom is -0.337 e. The predicted molar refractivity (Wildman–Crippen MR) is 82.1 cm³/mol. The third-order valence-electron chi connectivity index (χ3n) is 3.28. The standard InChI is InChI=1S/C14H14Cl2N2OS/c1-14(8-17,9-2-3-9)18-13(19)7-20-12-6-10(15)4-5-11(12)16/h4-6,9H,2-3,7H2,1H3,(H,18,19)/t14-/m0/s1. The van der Waals surface area contributed by atoms with Crippen LogP contribution in [0.25, 0.3) is 0 Å². The molecule has 1 atom stereocenters. The van der Waals surface area contributed by atoms with Crippen LogP contribution in [0, 0.1) is 17.2 Å². The molecule has 1 saturated carbocycles. The van der Waals surface area contributed by atoms with Gasteiger partial charge in [-0.15, -0.1) is 11.8 Å². The van der Waals surface area contributed by atoms with Crippen molar-refractivity contribution in [2.75, 3.05) is 5.75 Å². The van der Waals surface area contributed by atoms with Gasteiger partial charge < -0.3 is 5.32 Å². The molecule has 1 fully saturated rings. The molecule has 1 amide bonds. The molecule has 0 radical (unpaired) electrons. The zero-order valence-corrected chi connectivity index (χ0v) is 13.3. The molecule has 0 spiro atoms. The lowest BCUT2D eigenvalue weighted by Crippen LogP contribution is -2.47. The number of benzene rings is 1. The number of hydrogen-bond acceptors (Lipinski definition) is 3. The molecule has 0 heterocycles. The van der Waals surface area contributed by atoms with E-state index in [2.05, 4.69) is 11.4 Å². The van der Waals surface area contributed by atoms with E-state index < -0.39 is 5.54 Å². The van der Waals surface area contributed by atoms with Crippen molar-refractivity contribution in [2.45, 2.75) is 30.2 Å². The molecule has 1 aromatic rings. The quantitative estimate of drug-likeness (QED) is 0.834. The number of nitriles is 1. The van der Waals surface area contributed by atoms with E-state index in [1.54, 1.807) is 25.1 Å². The van der Waals surface area contributed by atoms with Gasteiger partial charge in [0.2, 0.25) is 5.91 Å². The second-order valence-electron chi connectivity index (χ2n) is 5.00. The van der Waals surface area contributed by atoms with Crippen molar-refractivity contribution in [3.63, 3.8) is 0 Å². The summed E-state index contributed by atoms with van der Waals surface area (Å²) in [6.45, 7) is 1.78. The molecule has 3 nitrogen and oxygen atoms in total. The number of carbonyl (C=O) groups is 1. The predicted octanol–water partition coefficient (Wildman–Crippen LogP) is 3.89. The van der Waals surface area contributed by atoms with Crippen molar-refractivity contribution < 1.29 is 4.79 Å². The Morgan fingerprint density at radius 3 is 2.85 bits per heavy atom. The van der Waals surface area contributed by atoms with Gasteiger partial charge in [0.25, 0.3) is 0 Å². The Balaban J connectivity index is 1.92. The van der Waals surface area contributed by atoms with Crippen LogP contribution in [0.15, 0.2) is 23.1 Å². The van der Waals surface area contributed by atoms with Gasteiger partial charge in [-0.25, -0.2) is 0 Å². The van der Waals surface area contributed by atoms with E-state index in [-0.39, 0.29) is 17.6 Å². The Hall–Kier alpha value is -0.890. The van der Waals surface area contributed by atoms with E-state index in [4.69, 9.17) is 23.2 Å². The van der Waals surface area contributed by atoms with Crippen molar-refractivity contribution in [3.8, 4) is 6.07 Å². The smallest absolute Gasteiger partial charge is 0.231 e. The maximum Gasteiger partial charge on any atom is 0.231 e. The van der Waals surface area contributed by atoms with E-state index in [1.807, 2.05) is 0 Å². The van der Waals surface area contributed by atoms with Crippen LogP contribution in [-0.2, 0) is 4.79 Å². The number of rotatable bonds is 5. The summed E-state index contributed by atoms with van der Waals surface area (Å²) in [4.78, 5) is 12.7. The summed E-state index contributed by atoms with van der Waals surface area (Å²) in [6, 6.07) is 7.33. The Bertz CT molecular complexity index is 569. The van der Waals surface area contributed by atoms with Crippen molar-refractivity contribution in [1.29, 1.82) is 5.26 Å². The van der Waals surface area contributed by atoms with Crippen LogP contribution >= 0.6 is 35.0 Å². The van der Waals surface area contributed by atoms with Crippen molar-refractivity contribution >= 4 is 40.9 Å². The molecule has 0 saturated heterocycles. The van der Waals surface area contributed by atoms with Gasteiger partial charge in [-0.2, -0.15) is 5.26 Å². The average Bonchev–Trinajstić information content (AvgIpc) is 3.24. The highest BCUT2D eigenvalue weighted by atomic mass is 35.5. The highest BCUT2D eigenvalue weighted by molar-refractivity contribution is 8.00. The third-order valence-corrected chi connectivity index (χ3v) is 5.01. The van der Waals surface area contributed by atoms with Crippen LogP contribution in [0.3, 0.4) is 0 Å². The number of thioether (sulfide) groups is 1. The molecular weight excluding hydrogens is 315 g/mol. The van der Waals surface area contributed by atoms with E-state index >= 15 is 0 Å². The van der Waals surface area contributed by atoms with Gasteiger partial charge in [-0.3, -0.25) is 4.79 Å². The second-order valence-corrected chi connectivity index (χ2v) is 6.86. The zero-order valence-electron chi connectivity index (χ0n) is 11.0. The van der Waals surface area contributed by atoms with Crippen LogP contribution < -0.4 is 5.32 Å². The van der Waals surface area contributed by atoms with Gasteiger partial charge in [0.05, 0.1) is 16.8 Å². The van der Waals surface area contributed by atoms with Gasteiger partial charge >= 0.3 is 0 Å².